The van der Waals surface area contributed by atoms with Crippen molar-refractivity contribution in [1.82, 2.24) is 5.32 Å². The number of halogens is 1. The Kier molecular flexibility index (Phi) is 4.57. The van der Waals surface area contributed by atoms with Crippen molar-refractivity contribution >= 4 is 23.4 Å². The van der Waals surface area contributed by atoms with Gasteiger partial charge in [0.2, 0.25) is 0 Å². The smallest absolute Gasteiger partial charge is 0.138 e. The summed E-state index contributed by atoms with van der Waals surface area (Å²) in [6, 6.07) is 6.73. The molecular weight excluding hydrogens is 278 g/mol. The maximum atomic E-state index is 6.37. The highest BCUT2D eigenvalue weighted by Crippen LogP contribution is 2.33. The second kappa shape index (κ2) is 6.38. The average Bonchev–Trinajstić information content (AvgIpc) is 2.95. The number of piperidine rings is 1. The van der Waals surface area contributed by atoms with Gasteiger partial charge in [0.05, 0.1) is 5.02 Å². The van der Waals surface area contributed by atoms with Gasteiger partial charge in [0.1, 0.15) is 11.9 Å². The molecule has 104 valence electrons. The molecule has 0 spiro atoms. The third-order valence-corrected chi connectivity index (χ3v) is 5.28. The van der Waals surface area contributed by atoms with Gasteiger partial charge in [0, 0.05) is 11.8 Å². The van der Waals surface area contributed by atoms with Crippen LogP contribution in [0.3, 0.4) is 0 Å². The molecule has 0 aromatic heterocycles. The van der Waals surface area contributed by atoms with Crippen molar-refractivity contribution in [3.63, 3.8) is 0 Å². The maximum absolute atomic E-state index is 6.37. The van der Waals surface area contributed by atoms with Gasteiger partial charge in [-0.1, -0.05) is 24.1 Å². The Balaban J connectivity index is 1.69. The zero-order chi connectivity index (χ0) is 13.1. The summed E-state index contributed by atoms with van der Waals surface area (Å²) >= 11 is 8.32. The van der Waals surface area contributed by atoms with Crippen molar-refractivity contribution in [3.8, 4) is 5.75 Å². The first-order valence-corrected chi connectivity index (χ1v) is 8.63. The van der Waals surface area contributed by atoms with Crippen LogP contribution < -0.4 is 10.1 Å². The summed E-state index contributed by atoms with van der Waals surface area (Å²) in [5, 5.41) is 4.30. The van der Waals surface area contributed by atoms with E-state index in [0.29, 0.717) is 12.1 Å². The summed E-state index contributed by atoms with van der Waals surface area (Å²) < 4.78 is 5.98. The zero-order valence-corrected chi connectivity index (χ0v) is 12.6. The van der Waals surface area contributed by atoms with Crippen LogP contribution in [0.2, 0.25) is 5.02 Å². The van der Waals surface area contributed by atoms with Crippen LogP contribution in [0.1, 0.15) is 37.3 Å². The van der Waals surface area contributed by atoms with Crippen LogP contribution >= 0.6 is 23.4 Å². The standard InChI is InChI=1S/C15H20ClNOS/c16-13-9-11(14-3-1-2-7-17-14)4-5-15(13)18-12-6-8-19-10-12/h4-5,9,12,14,17H,1-3,6-8,10H2. The summed E-state index contributed by atoms with van der Waals surface area (Å²) in [7, 11) is 0. The van der Waals surface area contributed by atoms with Gasteiger partial charge >= 0.3 is 0 Å². The van der Waals surface area contributed by atoms with E-state index in [1.165, 1.54) is 30.6 Å². The fourth-order valence-electron chi connectivity index (χ4n) is 2.75. The van der Waals surface area contributed by atoms with Gasteiger partial charge in [-0.15, -0.1) is 0 Å². The predicted octanol–water partition coefficient (Wildman–Crippen LogP) is 4.04. The molecule has 2 atom stereocenters. The quantitative estimate of drug-likeness (QED) is 0.910. The van der Waals surface area contributed by atoms with Gasteiger partial charge in [-0.2, -0.15) is 11.8 Å². The fourth-order valence-corrected chi connectivity index (χ4v) is 4.08. The van der Waals surface area contributed by atoms with E-state index in [1.807, 2.05) is 17.8 Å². The van der Waals surface area contributed by atoms with Gasteiger partial charge in [0.25, 0.3) is 0 Å². The lowest BCUT2D eigenvalue weighted by molar-refractivity contribution is 0.229. The Hall–Kier alpha value is -0.380. The van der Waals surface area contributed by atoms with E-state index in [2.05, 4.69) is 17.4 Å². The van der Waals surface area contributed by atoms with Crippen LogP contribution in [-0.4, -0.2) is 24.2 Å². The Morgan fingerprint density at radius 2 is 2.21 bits per heavy atom. The molecule has 0 bridgehead atoms. The molecule has 0 radical (unpaired) electrons. The van der Waals surface area contributed by atoms with Gasteiger partial charge < -0.3 is 10.1 Å². The Bertz CT molecular complexity index is 428. The molecule has 4 heteroatoms. The summed E-state index contributed by atoms with van der Waals surface area (Å²) in [4.78, 5) is 0. The van der Waals surface area contributed by atoms with Crippen LogP contribution in [0, 0.1) is 0 Å². The molecule has 0 amide bonds. The minimum atomic E-state index is 0.334. The lowest BCUT2D eigenvalue weighted by atomic mass is 9.97. The highest BCUT2D eigenvalue weighted by Gasteiger charge is 2.20. The first-order chi connectivity index (χ1) is 9.33. The molecule has 2 heterocycles. The molecule has 2 saturated heterocycles. The fraction of sp³-hybridized carbons (Fsp3) is 0.600. The minimum Gasteiger partial charge on any atom is -0.488 e. The van der Waals surface area contributed by atoms with Gasteiger partial charge in [-0.05, 0) is 49.3 Å². The molecule has 2 unspecified atom stereocenters. The van der Waals surface area contributed by atoms with E-state index < -0.39 is 0 Å². The second-order valence-electron chi connectivity index (χ2n) is 5.30. The lowest BCUT2D eigenvalue weighted by Gasteiger charge is -2.24. The number of ether oxygens (including phenoxy) is 1. The molecule has 2 aliphatic heterocycles. The Morgan fingerprint density at radius 1 is 1.26 bits per heavy atom. The molecule has 2 fully saturated rings. The average molecular weight is 298 g/mol. The van der Waals surface area contributed by atoms with Crippen molar-refractivity contribution < 1.29 is 4.74 Å². The number of hydrogen-bond donors (Lipinski definition) is 1. The van der Waals surface area contributed by atoms with Gasteiger partial charge in [-0.25, -0.2) is 0 Å². The van der Waals surface area contributed by atoms with Crippen molar-refractivity contribution in [3.05, 3.63) is 28.8 Å². The summed E-state index contributed by atoms with van der Waals surface area (Å²) in [5.41, 5.74) is 1.29. The van der Waals surface area contributed by atoms with E-state index in [9.17, 15) is 0 Å². The van der Waals surface area contributed by atoms with E-state index in [0.717, 1.165) is 29.5 Å². The largest absolute Gasteiger partial charge is 0.488 e. The number of hydrogen-bond acceptors (Lipinski definition) is 3. The molecule has 1 aromatic rings. The molecule has 2 nitrogen and oxygen atoms in total. The van der Waals surface area contributed by atoms with Crippen LogP contribution in [0.25, 0.3) is 0 Å². The molecule has 0 saturated carbocycles. The summed E-state index contributed by atoms with van der Waals surface area (Å²) in [5.74, 6) is 3.13. The van der Waals surface area contributed by atoms with Crippen LogP contribution in [-0.2, 0) is 0 Å². The monoisotopic (exact) mass is 297 g/mol. The van der Waals surface area contributed by atoms with Crippen molar-refractivity contribution in [2.24, 2.45) is 0 Å². The van der Waals surface area contributed by atoms with Crippen molar-refractivity contribution in [2.75, 3.05) is 18.1 Å². The number of benzene rings is 1. The van der Waals surface area contributed by atoms with Crippen LogP contribution in [0.4, 0.5) is 0 Å². The third kappa shape index (κ3) is 3.39. The summed E-state index contributed by atoms with van der Waals surface area (Å²) in [6.07, 6.45) is 5.25. The third-order valence-electron chi connectivity index (χ3n) is 3.85. The number of rotatable bonds is 3. The van der Waals surface area contributed by atoms with Gasteiger partial charge in [0.15, 0.2) is 0 Å². The first-order valence-electron chi connectivity index (χ1n) is 7.10. The number of nitrogens with one attached hydrogen (secondary N) is 1. The molecule has 0 aliphatic carbocycles. The first kappa shape index (κ1) is 13.6. The van der Waals surface area contributed by atoms with Crippen LogP contribution in [0.15, 0.2) is 18.2 Å². The van der Waals surface area contributed by atoms with E-state index in [-0.39, 0.29) is 0 Å². The molecule has 1 N–H and O–H groups in total. The van der Waals surface area contributed by atoms with E-state index >= 15 is 0 Å². The minimum absolute atomic E-state index is 0.334. The van der Waals surface area contributed by atoms with E-state index in [4.69, 9.17) is 16.3 Å². The number of thioether (sulfide) groups is 1. The van der Waals surface area contributed by atoms with Crippen molar-refractivity contribution in [2.45, 2.75) is 37.8 Å². The topological polar surface area (TPSA) is 21.3 Å². The predicted molar refractivity (Wildman–Crippen MR) is 82.4 cm³/mol. The summed E-state index contributed by atoms with van der Waals surface area (Å²) in [6.45, 7) is 1.11. The molecular formula is C15H20ClNOS. The normalized spacial score (nSPS) is 27.4. The van der Waals surface area contributed by atoms with Crippen LogP contribution in [0.5, 0.6) is 5.75 Å². The molecule has 1 aromatic carbocycles. The Labute approximate surface area is 124 Å². The maximum Gasteiger partial charge on any atom is 0.138 e. The van der Waals surface area contributed by atoms with Gasteiger partial charge in [-0.3, -0.25) is 0 Å². The SMILES string of the molecule is Clc1cc(C2CCCCN2)ccc1OC1CCSC1. The molecule has 2 aliphatic rings. The molecule has 19 heavy (non-hydrogen) atoms. The van der Waals surface area contributed by atoms with E-state index in [1.54, 1.807) is 0 Å². The Morgan fingerprint density at radius 3 is 2.89 bits per heavy atom. The lowest BCUT2D eigenvalue weighted by Crippen LogP contribution is -2.26. The second-order valence-corrected chi connectivity index (χ2v) is 6.85. The highest BCUT2D eigenvalue weighted by molar-refractivity contribution is 7.99. The molecule has 3 rings (SSSR count). The zero-order valence-electron chi connectivity index (χ0n) is 11.0. The van der Waals surface area contributed by atoms with Crippen molar-refractivity contribution in [1.29, 1.82) is 0 Å². The highest BCUT2D eigenvalue weighted by atomic mass is 35.5.